The molecule has 1 fully saturated rings. The first-order valence-electron chi connectivity index (χ1n) is 7.23. The van der Waals surface area contributed by atoms with Crippen LogP contribution in [0.25, 0.3) is 10.4 Å². The largest absolute Gasteiger partial charge is 0.480 e. The van der Waals surface area contributed by atoms with Crippen LogP contribution in [0.3, 0.4) is 0 Å². The van der Waals surface area contributed by atoms with Crippen molar-refractivity contribution in [2.45, 2.75) is 31.7 Å². The zero-order valence-corrected chi connectivity index (χ0v) is 15.5. The minimum absolute atomic E-state index is 0.00452. The van der Waals surface area contributed by atoms with Crippen LogP contribution in [0.15, 0.2) is 20.9 Å². The molecule has 0 amide bonds. The van der Waals surface area contributed by atoms with Gasteiger partial charge in [-0.15, -0.1) is 0 Å². The molecule has 1 aromatic rings. The van der Waals surface area contributed by atoms with Crippen LogP contribution >= 0.6 is 15.6 Å². The van der Waals surface area contributed by atoms with Crippen LogP contribution in [-0.4, -0.2) is 38.1 Å². The van der Waals surface area contributed by atoms with Gasteiger partial charge in [0.25, 0.3) is 5.56 Å². The molecule has 0 saturated carbocycles. The van der Waals surface area contributed by atoms with Gasteiger partial charge < -0.3 is 14.5 Å². The van der Waals surface area contributed by atoms with E-state index in [4.69, 9.17) is 15.2 Å². The minimum Gasteiger partial charge on any atom is -0.352 e. The third-order valence-corrected chi connectivity index (χ3v) is 5.72. The number of hydrogen-bond donors (Lipinski definition) is 4. The van der Waals surface area contributed by atoms with Crippen LogP contribution in [0.1, 0.15) is 18.2 Å². The number of hydrogen-bond acceptors (Lipinski definition) is 8. The predicted octanol–water partition coefficient (Wildman–Crippen LogP) is 0.00412. The average Bonchev–Trinajstić information content (AvgIpc) is 2.90. The Morgan fingerprint density at radius 1 is 1.52 bits per heavy atom. The van der Waals surface area contributed by atoms with Crippen LogP contribution in [0, 0.1) is 6.92 Å². The highest BCUT2D eigenvalue weighted by Gasteiger charge is 2.39. The summed E-state index contributed by atoms with van der Waals surface area (Å²) in [5.74, 6) is 0. The number of phosphoric ester groups is 1. The predicted molar refractivity (Wildman–Crippen MR) is 88.4 cm³/mol. The van der Waals surface area contributed by atoms with E-state index < -0.39 is 51.8 Å². The standard InChI is InChI=1S/C10H16N6O9P2/c1-5-3-16(10(18)13-9(5)17)8-2-6(14-15-11)7(24-8)4-23-27(21,22)25-26(12,19)20/h3,6-8H,2,4H2,1H3,(H,21,22)(H3,12,19,20)(H,13,17,18)/t6-,7+,8+/m0/s1. The van der Waals surface area contributed by atoms with Gasteiger partial charge in [0.05, 0.1) is 18.8 Å². The van der Waals surface area contributed by atoms with Crippen molar-refractivity contribution in [3.63, 3.8) is 0 Å². The fourth-order valence-corrected chi connectivity index (χ4v) is 4.07. The number of rotatable bonds is 7. The molecule has 27 heavy (non-hydrogen) atoms. The summed E-state index contributed by atoms with van der Waals surface area (Å²) < 4.78 is 37.4. The van der Waals surface area contributed by atoms with Crippen molar-refractivity contribution in [1.82, 2.24) is 9.55 Å². The van der Waals surface area contributed by atoms with E-state index in [9.17, 15) is 23.6 Å². The fourth-order valence-electron chi connectivity index (χ4n) is 2.36. The average molecular weight is 426 g/mol. The first-order valence-corrected chi connectivity index (χ1v) is 10.4. The van der Waals surface area contributed by atoms with Crippen molar-refractivity contribution < 1.29 is 32.5 Å². The molecule has 1 aromatic heterocycles. The minimum atomic E-state index is -5.00. The van der Waals surface area contributed by atoms with Crippen molar-refractivity contribution in [2.75, 3.05) is 6.61 Å². The molecule has 15 nitrogen and oxygen atoms in total. The number of phosphoric acid groups is 1. The van der Waals surface area contributed by atoms with Gasteiger partial charge in [-0.2, -0.15) is 4.31 Å². The maximum atomic E-state index is 11.9. The van der Waals surface area contributed by atoms with Gasteiger partial charge in [-0.3, -0.25) is 18.9 Å². The highest BCUT2D eigenvalue weighted by Crippen LogP contribution is 2.56. The molecule has 5 atom stereocenters. The Morgan fingerprint density at radius 3 is 2.78 bits per heavy atom. The Labute approximate surface area is 150 Å². The maximum absolute atomic E-state index is 11.9. The quantitative estimate of drug-likeness (QED) is 0.197. The summed E-state index contributed by atoms with van der Waals surface area (Å²) in [5, 5.41) is 3.47. The molecule has 0 spiro atoms. The lowest BCUT2D eigenvalue weighted by atomic mass is 10.1. The molecule has 17 heteroatoms. The van der Waals surface area contributed by atoms with Crippen LogP contribution in [-0.2, 0) is 22.7 Å². The molecule has 2 unspecified atom stereocenters. The van der Waals surface area contributed by atoms with E-state index in [1.165, 1.54) is 13.1 Å². The SMILES string of the molecule is Cc1cn([C@H]2C[C@H](N=[N+]=[N-])[C@@H](COP(=O)(O)OP(N)(=O)O)O2)c(=O)[nH]c1=O. The molecule has 0 bridgehead atoms. The Balaban J connectivity index is 2.18. The monoisotopic (exact) mass is 426 g/mol. The van der Waals surface area contributed by atoms with Crippen molar-refractivity contribution in [1.29, 1.82) is 0 Å². The van der Waals surface area contributed by atoms with E-state index in [0.29, 0.717) is 0 Å². The normalized spacial score (nSPS) is 26.7. The Morgan fingerprint density at radius 2 is 2.19 bits per heavy atom. The third kappa shape index (κ3) is 5.84. The summed E-state index contributed by atoms with van der Waals surface area (Å²) in [4.78, 5) is 46.3. The summed E-state index contributed by atoms with van der Waals surface area (Å²) >= 11 is 0. The van der Waals surface area contributed by atoms with Gasteiger partial charge in [0, 0.05) is 23.1 Å². The lowest BCUT2D eigenvalue weighted by molar-refractivity contribution is -0.0265. The maximum Gasteiger partial charge on any atom is 0.480 e. The summed E-state index contributed by atoms with van der Waals surface area (Å²) in [7, 11) is -9.79. The summed E-state index contributed by atoms with van der Waals surface area (Å²) in [6.07, 6.45) is -0.812. The van der Waals surface area contributed by atoms with Gasteiger partial charge in [-0.1, -0.05) is 5.11 Å². The second kappa shape index (κ2) is 8.07. The summed E-state index contributed by atoms with van der Waals surface area (Å²) in [5.41, 5.74) is 12.2. The molecule has 1 aliphatic rings. The van der Waals surface area contributed by atoms with Crippen molar-refractivity contribution in [2.24, 2.45) is 10.6 Å². The zero-order valence-electron chi connectivity index (χ0n) is 13.7. The summed E-state index contributed by atoms with van der Waals surface area (Å²) in [6.45, 7) is 0.791. The number of nitrogens with one attached hydrogen (secondary N) is 1. The number of aryl methyl sites for hydroxylation is 1. The molecule has 0 aliphatic carbocycles. The molecule has 0 radical (unpaired) electrons. The van der Waals surface area contributed by atoms with Gasteiger partial charge in [-0.05, 0) is 12.5 Å². The molecule has 0 aromatic carbocycles. The first kappa shape index (κ1) is 21.5. The second-order valence-corrected chi connectivity index (χ2v) is 8.50. The first-order chi connectivity index (χ1) is 12.4. The van der Waals surface area contributed by atoms with Crippen molar-refractivity contribution in [3.8, 4) is 0 Å². The van der Waals surface area contributed by atoms with Crippen LogP contribution in [0.5, 0.6) is 0 Å². The van der Waals surface area contributed by atoms with Gasteiger partial charge >= 0.3 is 21.3 Å². The van der Waals surface area contributed by atoms with E-state index in [-0.39, 0.29) is 12.0 Å². The topological polar surface area (TPSA) is 232 Å². The van der Waals surface area contributed by atoms with Crippen LogP contribution in [0.2, 0.25) is 0 Å². The van der Waals surface area contributed by atoms with Crippen molar-refractivity contribution in [3.05, 3.63) is 43.0 Å². The number of nitrogens with two attached hydrogens (primary N) is 1. The number of aromatic amines is 1. The lowest BCUT2D eigenvalue weighted by Gasteiger charge is -2.19. The van der Waals surface area contributed by atoms with Gasteiger partial charge in [0.15, 0.2) is 0 Å². The highest BCUT2D eigenvalue weighted by atomic mass is 31.3. The van der Waals surface area contributed by atoms with Crippen LogP contribution < -0.4 is 16.8 Å². The molecular weight excluding hydrogens is 410 g/mol. The fraction of sp³-hybridized carbons (Fsp3) is 0.600. The highest BCUT2D eigenvalue weighted by molar-refractivity contribution is 7.62. The molecule has 2 heterocycles. The second-order valence-electron chi connectivity index (χ2n) is 5.53. The molecule has 1 saturated heterocycles. The summed E-state index contributed by atoms with van der Waals surface area (Å²) in [6, 6.07) is -0.905. The van der Waals surface area contributed by atoms with Gasteiger partial charge in [-0.25, -0.2) is 19.4 Å². The van der Waals surface area contributed by atoms with E-state index in [0.717, 1.165) is 4.57 Å². The van der Waals surface area contributed by atoms with E-state index in [1.54, 1.807) is 0 Å². The molecule has 5 N–H and O–H groups in total. The molecular formula is C10H16N6O9P2. The smallest absolute Gasteiger partial charge is 0.352 e. The number of aromatic nitrogens is 2. The Kier molecular flexibility index (Phi) is 6.43. The van der Waals surface area contributed by atoms with E-state index >= 15 is 0 Å². The number of ether oxygens (including phenoxy) is 1. The molecule has 2 rings (SSSR count). The van der Waals surface area contributed by atoms with Gasteiger partial charge in [0.1, 0.15) is 6.23 Å². The lowest BCUT2D eigenvalue weighted by Crippen LogP contribution is -2.33. The number of azide groups is 1. The molecule has 150 valence electrons. The van der Waals surface area contributed by atoms with Gasteiger partial charge in [0.2, 0.25) is 0 Å². The van der Waals surface area contributed by atoms with Crippen LogP contribution in [0.4, 0.5) is 0 Å². The number of H-pyrrole nitrogens is 1. The van der Waals surface area contributed by atoms with Crippen molar-refractivity contribution >= 4 is 15.6 Å². The Hall–Kier alpha value is -1.79. The molecule has 1 aliphatic heterocycles. The van der Waals surface area contributed by atoms with E-state index in [2.05, 4.69) is 29.3 Å². The zero-order chi connectivity index (χ0) is 20.4. The third-order valence-electron chi connectivity index (χ3n) is 3.48. The number of nitrogens with zero attached hydrogens (tertiary/aromatic N) is 4. The van der Waals surface area contributed by atoms with E-state index in [1.807, 2.05) is 0 Å². The Bertz CT molecular complexity index is 963.